The first-order chi connectivity index (χ1) is 31.6. The highest BCUT2D eigenvalue weighted by Gasteiger charge is 2.40. The molecule has 4 atom stereocenters. The van der Waals surface area contributed by atoms with E-state index in [1.807, 2.05) is 84.3 Å². The predicted molar refractivity (Wildman–Crippen MR) is 240 cm³/mol. The molecule has 2 fully saturated rings. The van der Waals surface area contributed by atoms with Crippen LogP contribution >= 0.6 is 0 Å². The maximum atomic E-state index is 14.2. The minimum atomic E-state index is -1.18. The van der Waals surface area contributed by atoms with Gasteiger partial charge in [-0.2, -0.15) is 0 Å². The van der Waals surface area contributed by atoms with Crippen molar-refractivity contribution in [3.05, 3.63) is 144 Å². The standard InChI is InChI=1S/C49H50N8O8/c1-4-55-42(41(47(60)61)52-44(55)38-18-12-28-57(38)46(59)40(54-49(63)65-3)34-15-9-6-10-16-34)35-25-21-31(22-26-35)30-19-23-32(24-20-30)36-29-50-43(51-36)37-17-11-27-56(37)45(58)39(53-48(62)64-2)33-13-7-5-8-14-33/h5-10,13-16,19-26,29,37-40H,4,11-12,17-18,27-28H2,1-3H3,(H,50,51)(H,53,62)(H,54,63)(H,60,61)/t37-,38-,39+,40+/m0/s1. The first kappa shape index (κ1) is 43.9. The molecule has 2 aliphatic heterocycles. The number of rotatable bonds is 13. The number of ether oxygens (including phenoxy) is 2. The van der Waals surface area contributed by atoms with Crippen LogP contribution in [0.25, 0.3) is 33.6 Å². The lowest BCUT2D eigenvalue weighted by molar-refractivity contribution is -0.135. The lowest BCUT2D eigenvalue weighted by Gasteiger charge is -2.29. The van der Waals surface area contributed by atoms with Gasteiger partial charge >= 0.3 is 18.2 Å². The molecule has 2 saturated heterocycles. The summed E-state index contributed by atoms with van der Waals surface area (Å²) in [7, 11) is 2.50. The van der Waals surface area contributed by atoms with Gasteiger partial charge in [-0.3, -0.25) is 9.59 Å². The fourth-order valence-electron chi connectivity index (χ4n) is 8.97. The van der Waals surface area contributed by atoms with E-state index < -0.39 is 36.3 Å². The Morgan fingerprint density at radius 2 is 1.17 bits per heavy atom. The van der Waals surface area contributed by atoms with Gasteiger partial charge in [0.15, 0.2) is 5.69 Å². The molecule has 65 heavy (non-hydrogen) atoms. The van der Waals surface area contributed by atoms with E-state index in [0.717, 1.165) is 28.8 Å². The average Bonchev–Trinajstić information content (AvgIpc) is 4.19. The van der Waals surface area contributed by atoms with E-state index in [0.29, 0.717) is 72.9 Å². The summed E-state index contributed by atoms with van der Waals surface area (Å²) in [5.41, 5.74) is 5.78. The summed E-state index contributed by atoms with van der Waals surface area (Å²) >= 11 is 0. The summed E-state index contributed by atoms with van der Waals surface area (Å²) in [6.45, 7) is 3.25. The van der Waals surface area contributed by atoms with Gasteiger partial charge in [0.05, 0.1) is 43.9 Å². The first-order valence-electron chi connectivity index (χ1n) is 21.6. The van der Waals surface area contributed by atoms with E-state index in [1.165, 1.54) is 14.2 Å². The van der Waals surface area contributed by atoms with E-state index in [2.05, 4.69) is 20.6 Å². The third kappa shape index (κ3) is 9.05. The number of carboxylic acids is 1. The van der Waals surface area contributed by atoms with Crippen LogP contribution in [-0.2, 0) is 25.6 Å². The number of imidazole rings is 2. The van der Waals surface area contributed by atoms with Gasteiger partial charge in [0.2, 0.25) is 0 Å². The fourth-order valence-corrected chi connectivity index (χ4v) is 8.97. The third-order valence-electron chi connectivity index (χ3n) is 12.1. The molecule has 0 bridgehead atoms. The number of amides is 4. The van der Waals surface area contributed by atoms with Crippen molar-refractivity contribution >= 4 is 30.0 Å². The summed E-state index contributed by atoms with van der Waals surface area (Å²) in [6, 6.07) is 30.9. The van der Waals surface area contributed by atoms with Gasteiger partial charge in [-0.15, -0.1) is 0 Å². The molecule has 2 aliphatic rings. The molecule has 0 spiro atoms. The molecule has 0 radical (unpaired) electrons. The number of hydrogen-bond donors (Lipinski definition) is 4. The van der Waals surface area contributed by atoms with Crippen molar-refractivity contribution in [3.63, 3.8) is 0 Å². The molecule has 6 aromatic rings. The molecular weight excluding hydrogens is 829 g/mol. The molecule has 0 aliphatic carbocycles. The van der Waals surface area contributed by atoms with Crippen LogP contribution in [0.4, 0.5) is 9.59 Å². The van der Waals surface area contributed by atoms with Crippen LogP contribution in [0.1, 0.15) is 90.0 Å². The molecule has 4 N–H and O–H groups in total. The van der Waals surface area contributed by atoms with Crippen LogP contribution < -0.4 is 10.6 Å². The number of aromatic carboxylic acids is 1. The van der Waals surface area contributed by atoms with Gasteiger partial charge in [-0.1, -0.05) is 109 Å². The number of alkyl carbamates (subject to hydrolysis) is 2. The summed E-state index contributed by atoms with van der Waals surface area (Å²) in [5, 5.41) is 15.8. The molecule has 16 heteroatoms. The number of carbonyl (C=O) groups is 5. The number of carbonyl (C=O) groups excluding carboxylic acids is 4. The van der Waals surface area contributed by atoms with Crippen molar-refractivity contribution in [2.24, 2.45) is 0 Å². The van der Waals surface area contributed by atoms with Crippen LogP contribution in [0.5, 0.6) is 0 Å². The molecule has 4 heterocycles. The second-order valence-electron chi connectivity index (χ2n) is 15.9. The predicted octanol–water partition coefficient (Wildman–Crippen LogP) is 7.85. The molecule has 334 valence electrons. The van der Waals surface area contributed by atoms with Crippen molar-refractivity contribution in [1.29, 1.82) is 0 Å². The lowest BCUT2D eigenvalue weighted by Crippen LogP contribution is -2.43. The van der Waals surface area contributed by atoms with Gasteiger partial charge in [0.25, 0.3) is 11.8 Å². The number of nitrogens with one attached hydrogen (secondary N) is 3. The molecular formula is C49H50N8O8. The number of likely N-dealkylation sites (tertiary alicyclic amines) is 2. The number of hydrogen-bond acceptors (Lipinski definition) is 9. The van der Waals surface area contributed by atoms with Crippen molar-refractivity contribution in [2.45, 2.75) is 63.3 Å². The Kier molecular flexibility index (Phi) is 13.0. The molecule has 0 saturated carbocycles. The lowest BCUT2D eigenvalue weighted by atomic mass is 10.0. The average molecular weight is 879 g/mol. The highest BCUT2D eigenvalue weighted by atomic mass is 16.5. The zero-order chi connectivity index (χ0) is 45.6. The Morgan fingerprint density at radius 1 is 0.692 bits per heavy atom. The van der Waals surface area contributed by atoms with Crippen molar-refractivity contribution in [1.82, 2.24) is 40.0 Å². The minimum absolute atomic E-state index is 0.108. The maximum Gasteiger partial charge on any atom is 0.407 e. The molecule has 0 unspecified atom stereocenters. The smallest absolute Gasteiger partial charge is 0.407 e. The van der Waals surface area contributed by atoms with E-state index >= 15 is 0 Å². The number of nitrogens with zero attached hydrogens (tertiary/aromatic N) is 5. The zero-order valence-electron chi connectivity index (χ0n) is 36.3. The SMILES string of the molecule is CCn1c([C@@H]2CCCN2C(=O)[C@H](NC(=O)OC)c2ccccc2)nc(C(=O)O)c1-c1ccc(-c2ccc(-c3cnc([C@@H]4CCCN4C(=O)[C@H](NC(=O)OC)c4ccccc4)[nH]3)cc2)cc1. The number of benzene rings is 4. The summed E-state index contributed by atoms with van der Waals surface area (Å²) in [5.74, 6) is -0.638. The largest absolute Gasteiger partial charge is 0.476 e. The van der Waals surface area contributed by atoms with Gasteiger partial charge in [0, 0.05) is 25.2 Å². The molecule has 16 nitrogen and oxygen atoms in total. The minimum Gasteiger partial charge on any atom is -0.476 e. The monoisotopic (exact) mass is 878 g/mol. The van der Waals surface area contributed by atoms with Crippen LogP contribution in [-0.4, -0.2) is 91.7 Å². The van der Waals surface area contributed by atoms with E-state index in [9.17, 15) is 29.1 Å². The molecule has 4 aromatic carbocycles. The van der Waals surface area contributed by atoms with Crippen LogP contribution in [0.15, 0.2) is 115 Å². The summed E-state index contributed by atoms with van der Waals surface area (Å²) in [4.78, 5) is 81.8. The third-order valence-corrected chi connectivity index (χ3v) is 12.1. The van der Waals surface area contributed by atoms with Gasteiger partial charge < -0.3 is 44.6 Å². The Balaban J connectivity index is 1.00. The second kappa shape index (κ2) is 19.3. The number of aromatic amines is 1. The summed E-state index contributed by atoms with van der Waals surface area (Å²) in [6.07, 6.45) is 3.06. The Bertz CT molecular complexity index is 2670. The van der Waals surface area contributed by atoms with E-state index in [-0.39, 0.29) is 23.6 Å². The highest BCUT2D eigenvalue weighted by molar-refractivity contribution is 5.94. The normalized spacial score (nSPS) is 16.7. The number of H-pyrrole nitrogens is 1. The molecule has 4 amide bonds. The number of carboxylic acid groups (broad SMARTS) is 1. The van der Waals surface area contributed by atoms with Crippen LogP contribution in [0.3, 0.4) is 0 Å². The van der Waals surface area contributed by atoms with Gasteiger partial charge in [-0.05, 0) is 60.4 Å². The van der Waals surface area contributed by atoms with Crippen molar-refractivity contribution < 1.29 is 38.6 Å². The topological polar surface area (TPSA) is 201 Å². The number of aromatic nitrogens is 4. The maximum absolute atomic E-state index is 14.2. The summed E-state index contributed by atoms with van der Waals surface area (Å²) < 4.78 is 11.5. The van der Waals surface area contributed by atoms with Crippen molar-refractivity contribution in [2.75, 3.05) is 27.3 Å². The van der Waals surface area contributed by atoms with E-state index in [1.54, 1.807) is 52.4 Å². The molecule has 2 aromatic heterocycles. The Hall–Kier alpha value is -7.75. The van der Waals surface area contributed by atoms with Crippen molar-refractivity contribution in [3.8, 4) is 33.6 Å². The first-order valence-corrected chi connectivity index (χ1v) is 21.6. The fraction of sp³-hybridized carbons (Fsp3) is 0.286. The van der Waals surface area contributed by atoms with Gasteiger partial charge in [-0.25, -0.2) is 24.4 Å². The number of methoxy groups -OCH3 is 2. The Labute approximate surface area is 375 Å². The molecule has 8 rings (SSSR count). The highest BCUT2D eigenvalue weighted by Crippen LogP contribution is 2.39. The second-order valence-corrected chi connectivity index (χ2v) is 15.9. The van der Waals surface area contributed by atoms with E-state index in [4.69, 9.17) is 14.5 Å². The van der Waals surface area contributed by atoms with Gasteiger partial charge in [0.1, 0.15) is 23.7 Å². The van der Waals surface area contributed by atoms with Crippen LogP contribution in [0.2, 0.25) is 0 Å². The van der Waals surface area contributed by atoms with Crippen LogP contribution in [0, 0.1) is 0 Å². The zero-order valence-corrected chi connectivity index (χ0v) is 36.3. The Morgan fingerprint density at radius 3 is 1.66 bits per heavy atom. The quantitative estimate of drug-likeness (QED) is 0.0886.